The first kappa shape index (κ1) is 15.8. The Bertz CT molecular complexity index is 722. The van der Waals surface area contributed by atoms with Gasteiger partial charge in [0.25, 0.3) is 11.5 Å². The van der Waals surface area contributed by atoms with Crippen molar-refractivity contribution in [1.82, 2.24) is 15.1 Å². The average molecular weight is 300 g/mol. The SMILES string of the molecule is Cc1ccc(=O)n(CCNC(=O)c2cccc(N(C)C)c2)n1. The van der Waals surface area contributed by atoms with E-state index in [1.807, 2.05) is 44.1 Å². The van der Waals surface area contributed by atoms with Gasteiger partial charge in [-0.15, -0.1) is 0 Å². The van der Waals surface area contributed by atoms with Crippen LogP contribution in [0.1, 0.15) is 16.1 Å². The third-order valence-electron chi connectivity index (χ3n) is 3.23. The summed E-state index contributed by atoms with van der Waals surface area (Å²) in [7, 11) is 3.85. The molecule has 22 heavy (non-hydrogen) atoms. The van der Waals surface area contributed by atoms with E-state index in [1.165, 1.54) is 10.7 Å². The molecule has 0 atom stereocenters. The number of carbonyl (C=O) groups is 1. The van der Waals surface area contributed by atoms with E-state index in [9.17, 15) is 9.59 Å². The maximum absolute atomic E-state index is 12.1. The van der Waals surface area contributed by atoms with Crippen LogP contribution in [0.5, 0.6) is 0 Å². The van der Waals surface area contributed by atoms with Gasteiger partial charge < -0.3 is 10.2 Å². The third-order valence-corrected chi connectivity index (χ3v) is 3.23. The Morgan fingerprint density at radius 1 is 1.27 bits per heavy atom. The van der Waals surface area contributed by atoms with Crippen LogP contribution in [0, 0.1) is 6.92 Å². The fraction of sp³-hybridized carbons (Fsp3) is 0.312. The quantitative estimate of drug-likeness (QED) is 0.896. The number of anilines is 1. The molecule has 0 aliphatic rings. The number of nitrogens with one attached hydrogen (secondary N) is 1. The fourth-order valence-corrected chi connectivity index (χ4v) is 2.01. The summed E-state index contributed by atoms with van der Waals surface area (Å²) >= 11 is 0. The van der Waals surface area contributed by atoms with Crippen molar-refractivity contribution < 1.29 is 4.79 Å². The van der Waals surface area contributed by atoms with Crippen LogP contribution < -0.4 is 15.8 Å². The van der Waals surface area contributed by atoms with E-state index in [4.69, 9.17) is 0 Å². The van der Waals surface area contributed by atoms with Crippen LogP contribution in [0.25, 0.3) is 0 Å². The Kier molecular flexibility index (Phi) is 4.93. The van der Waals surface area contributed by atoms with E-state index in [1.54, 1.807) is 12.1 Å². The number of benzene rings is 1. The van der Waals surface area contributed by atoms with Gasteiger partial charge in [0.05, 0.1) is 12.2 Å². The molecule has 1 amide bonds. The predicted molar refractivity (Wildman–Crippen MR) is 86.3 cm³/mol. The zero-order valence-corrected chi connectivity index (χ0v) is 13.0. The second-order valence-electron chi connectivity index (χ2n) is 5.24. The van der Waals surface area contributed by atoms with E-state index in [2.05, 4.69) is 10.4 Å². The van der Waals surface area contributed by atoms with Crippen molar-refractivity contribution >= 4 is 11.6 Å². The lowest BCUT2D eigenvalue weighted by atomic mass is 10.2. The molecular formula is C16H20N4O2. The lowest BCUT2D eigenvalue weighted by molar-refractivity contribution is 0.0952. The number of hydrogen-bond donors (Lipinski definition) is 1. The second kappa shape index (κ2) is 6.89. The molecule has 1 aromatic carbocycles. The van der Waals surface area contributed by atoms with Gasteiger partial charge in [0.2, 0.25) is 0 Å². The predicted octanol–water partition coefficient (Wildman–Crippen LogP) is 1.05. The van der Waals surface area contributed by atoms with E-state index in [0.717, 1.165) is 11.4 Å². The minimum Gasteiger partial charge on any atom is -0.378 e. The van der Waals surface area contributed by atoms with Gasteiger partial charge in [-0.1, -0.05) is 6.07 Å². The number of hydrogen-bond acceptors (Lipinski definition) is 4. The minimum atomic E-state index is -0.172. The number of aryl methyl sites for hydroxylation is 1. The molecule has 2 aromatic rings. The largest absolute Gasteiger partial charge is 0.378 e. The van der Waals surface area contributed by atoms with Crippen molar-refractivity contribution in [3.63, 3.8) is 0 Å². The zero-order chi connectivity index (χ0) is 16.1. The smallest absolute Gasteiger partial charge is 0.266 e. The molecule has 0 spiro atoms. The number of amides is 1. The summed E-state index contributed by atoms with van der Waals surface area (Å²) in [6, 6.07) is 10.5. The molecule has 0 fully saturated rings. The van der Waals surface area contributed by atoms with Gasteiger partial charge in [-0.25, -0.2) is 4.68 Å². The lowest BCUT2D eigenvalue weighted by Gasteiger charge is -2.13. The molecule has 0 radical (unpaired) electrons. The Balaban J connectivity index is 1.97. The highest BCUT2D eigenvalue weighted by Gasteiger charge is 2.07. The zero-order valence-electron chi connectivity index (χ0n) is 13.0. The normalized spacial score (nSPS) is 10.3. The van der Waals surface area contributed by atoms with E-state index < -0.39 is 0 Å². The van der Waals surface area contributed by atoms with Gasteiger partial charge in [0.15, 0.2) is 0 Å². The van der Waals surface area contributed by atoms with Crippen LogP contribution in [0.4, 0.5) is 5.69 Å². The van der Waals surface area contributed by atoms with Crippen molar-refractivity contribution in [1.29, 1.82) is 0 Å². The van der Waals surface area contributed by atoms with Crippen LogP contribution in [0.2, 0.25) is 0 Å². The molecule has 6 nitrogen and oxygen atoms in total. The van der Waals surface area contributed by atoms with Crippen LogP contribution in [-0.4, -0.2) is 36.3 Å². The van der Waals surface area contributed by atoms with Crippen LogP contribution >= 0.6 is 0 Å². The van der Waals surface area contributed by atoms with Crippen molar-refractivity contribution in [2.24, 2.45) is 0 Å². The van der Waals surface area contributed by atoms with Gasteiger partial charge in [0.1, 0.15) is 0 Å². The standard InChI is InChI=1S/C16H20N4O2/c1-12-7-8-15(21)20(18-12)10-9-17-16(22)13-5-4-6-14(11-13)19(2)3/h4-8,11H,9-10H2,1-3H3,(H,17,22). The van der Waals surface area contributed by atoms with Gasteiger partial charge in [-0.2, -0.15) is 5.10 Å². The summed E-state index contributed by atoms with van der Waals surface area (Å²) in [4.78, 5) is 25.7. The number of aromatic nitrogens is 2. The van der Waals surface area contributed by atoms with Crippen molar-refractivity contribution in [2.75, 3.05) is 25.5 Å². The molecule has 0 aliphatic carbocycles. The number of carbonyl (C=O) groups excluding carboxylic acids is 1. The molecule has 1 aromatic heterocycles. The molecule has 0 saturated heterocycles. The maximum Gasteiger partial charge on any atom is 0.266 e. The summed E-state index contributed by atoms with van der Waals surface area (Å²) in [5, 5.41) is 6.93. The third kappa shape index (κ3) is 3.94. The van der Waals surface area contributed by atoms with E-state index in [-0.39, 0.29) is 11.5 Å². The monoisotopic (exact) mass is 300 g/mol. The molecule has 0 saturated carbocycles. The maximum atomic E-state index is 12.1. The summed E-state index contributed by atoms with van der Waals surface area (Å²) in [6.07, 6.45) is 0. The van der Waals surface area contributed by atoms with E-state index >= 15 is 0 Å². The summed E-state index contributed by atoms with van der Waals surface area (Å²) in [6.45, 7) is 2.52. The highest BCUT2D eigenvalue weighted by Crippen LogP contribution is 2.13. The van der Waals surface area contributed by atoms with Crippen LogP contribution in [0.15, 0.2) is 41.2 Å². The second-order valence-corrected chi connectivity index (χ2v) is 5.24. The summed E-state index contributed by atoms with van der Waals surface area (Å²) in [5.41, 5.74) is 2.15. The Labute approximate surface area is 129 Å². The summed E-state index contributed by atoms with van der Waals surface area (Å²) < 4.78 is 1.35. The molecule has 6 heteroatoms. The molecule has 0 aliphatic heterocycles. The molecule has 1 N–H and O–H groups in total. The highest BCUT2D eigenvalue weighted by molar-refractivity contribution is 5.95. The van der Waals surface area contributed by atoms with Gasteiger partial charge in [-0.3, -0.25) is 9.59 Å². The highest BCUT2D eigenvalue weighted by atomic mass is 16.1. The first-order chi connectivity index (χ1) is 10.5. The lowest BCUT2D eigenvalue weighted by Crippen LogP contribution is -2.32. The first-order valence-corrected chi connectivity index (χ1v) is 7.08. The Morgan fingerprint density at radius 2 is 2.05 bits per heavy atom. The van der Waals surface area contributed by atoms with Gasteiger partial charge in [0, 0.05) is 38.0 Å². The summed E-state index contributed by atoms with van der Waals surface area (Å²) in [5.74, 6) is -0.163. The Morgan fingerprint density at radius 3 is 2.77 bits per heavy atom. The molecule has 2 rings (SSSR count). The van der Waals surface area contributed by atoms with Gasteiger partial charge in [-0.05, 0) is 31.2 Å². The van der Waals surface area contributed by atoms with Crippen molar-refractivity contribution in [3.8, 4) is 0 Å². The topological polar surface area (TPSA) is 67.2 Å². The van der Waals surface area contributed by atoms with Crippen LogP contribution in [0.3, 0.4) is 0 Å². The average Bonchev–Trinajstić information content (AvgIpc) is 2.50. The number of rotatable bonds is 5. The van der Waals surface area contributed by atoms with Gasteiger partial charge >= 0.3 is 0 Å². The Hall–Kier alpha value is -2.63. The number of nitrogens with zero attached hydrogens (tertiary/aromatic N) is 3. The molecular weight excluding hydrogens is 280 g/mol. The van der Waals surface area contributed by atoms with Crippen molar-refractivity contribution in [3.05, 3.63) is 58.0 Å². The molecule has 0 bridgehead atoms. The van der Waals surface area contributed by atoms with Crippen molar-refractivity contribution in [2.45, 2.75) is 13.5 Å². The molecule has 116 valence electrons. The van der Waals surface area contributed by atoms with Crippen LogP contribution in [-0.2, 0) is 6.54 Å². The first-order valence-electron chi connectivity index (χ1n) is 7.08. The fourth-order valence-electron chi connectivity index (χ4n) is 2.01. The minimum absolute atomic E-state index is 0.163. The molecule has 0 unspecified atom stereocenters. The molecule has 1 heterocycles. The van der Waals surface area contributed by atoms with E-state index in [0.29, 0.717) is 18.7 Å².